The van der Waals surface area contributed by atoms with E-state index in [9.17, 15) is 5.11 Å². The minimum atomic E-state index is -0.421. The second-order valence-electron chi connectivity index (χ2n) is 7.14. The fraction of sp³-hybridized carbons (Fsp3) is 0.684. The third-order valence-electron chi connectivity index (χ3n) is 4.52. The SMILES string of the molecule is Cc1cc(OC[C@H](O)CN2CCC[C@@H](C)C2)ccc1C(C)C. The van der Waals surface area contributed by atoms with Gasteiger partial charge in [-0.3, -0.25) is 0 Å². The van der Waals surface area contributed by atoms with Crippen molar-refractivity contribution in [2.75, 3.05) is 26.2 Å². The molecule has 3 nitrogen and oxygen atoms in total. The van der Waals surface area contributed by atoms with Crippen molar-refractivity contribution in [1.29, 1.82) is 0 Å². The highest BCUT2D eigenvalue weighted by Crippen LogP contribution is 2.23. The summed E-state index contributed by atoms with van der Waals surface area (Å²) in [7, 11) is 0. The van der Waals surface area contributed by atoms with Crippen LogP contribution in [0.15, 0.2) is 18.2 Å². The van der Waals surface area contributed by atoms with Crippen LogP contribution in [0, 0.1) is 12.8 Å². The molecule has 0 bridgehead atoms. The maximum Gasteiger partial charge on any atom is 0.119 e. The lowest BCUT2D eigenvalue weighted by Crippen LogP contribution is -2.41. The molecule has 1 aromatic rings. The Morgan fingerprint density at radius 1 is 1.36 bits per heavy atom. The van der Waals surface area contributed by atoms with Gasteiger partial charge in [-0.05, 0) is 61.4 Å². The number of likely N-dealkylation sites (tertiary alicyclic amines) is 1. The minimum absolute atomic E-state index is 0.366. The normalized spacial score (nSPS) is 21.1. The van der Waals surface area contributed by atoms with Gasteiger partial charge in [0, 0.05) is 13.1 Å². The summed E-state index contributed by atoms with van der Waals surface area (Å²) in [6.45, 7) is 12.1. The van der Waals surface area contributed by atoms with Crippen LogP contribution in [0.4, 0.5) is 0 Å². The Morgan fingerprint density at radius 3 is 2.77 bits per heavy atom. The summed E-state index contributed by atoms with van der Waals surface area (Å²) in [4.78, 5) is 2.36. The van der Waals surface area contributed by atoms with Crippen molar-refractivity contribution in [2.24, 2.45) is 5.92 Å². The summed E-state index contributed by atoms with van der Waals surface area (Å²) in [5.41, 5.74) is 2.61. The molecule has 0 unspecified atom stereocenters. The van der Waals surface area contributed by atoms with Crippen LogP contribution in [0.3, 0.4) is 0 Å². The van der Waals surface area contributed by atoms with E-state index in [1.807, 2.05) is 6.07 Å². The van der Waals surface area contributed by atoms with Gasteiger partial charge in [0.15, 0.2) is 0 Å². The summed E-state index contributed by atoms with van der Waals surface area (Å²) < 4.78 is 5.78. The molecular weight excluding hydrogens is 274 g/mol. The summed E-state index contributed by atoms with van der Waals surface area (Å²) in [5, 5.41) is 10.2. The zero-order valence-corrected chi connectivity index (χ0v) is 14.5. The van der Waals surface area contributed by atoms with Gasteiger partial charge in [-0.2, -0.15) is 0 Å². The molecule has 2 atom stereocenters. The van der Waals surface area contributed by atoms with E-state index in [-0.39, 0.29) is 0 Å². The number of hydrogen-bond donors (Lipinski definition) is 1. The summed E-state index contributed by atoms with van der Waals surface area (Å²) in [6, 6.07) is 6.22. The molecule has 0 radical (unpaired) electrons. The predicted octanol–water partition coefficient (Wildman–Crippen LogP) is 3.59. The first-order chi connectivity index (χ1) is 10.5. The molecule has 1 aliphatic heterocycles. The monoisotopic (exact) mass is 305 g/mol. The lowest BCUT2D eigenvalue weighted by atomic mass is 9.98. The summed E-state index contributed by atoms with van der Waals surface area (Å²) in [5.74, 6) is 2.13. The van der Waals surface area contributed by atoms with Crippen LogP contribution in [-0.2, 0) is 0 Å². The first-order valence-electron chi connectivity index (χ1n) is 8.59. The van der Waals surface area contributed by atoms with Crippen LogP contribution < -0.4 is 4.74 Å². The number of β-amino-alcohol motifs (C(OH)–C–C–N with tert-alkyl or cyclic N) is 1. The highest BCUT2D eigenvalue weighted by Gasteiger charge is 2.19. The molecule has 124 valence electrons. The van der Waals surface area contributed by atoms with Gasteiger partial charge in [-0.1, -0.05) is 26.8 Å². The van der Waals surface area contributed by atoms with Crippen molar-refractivity contribution < 1.29 is 9.84 Å². The second-order valence-corrected chi connectivity index (χ2v) is 7.14. The Morgan fingerprint density at radius 2 is 2.14 bits per heavy atom. The number of rotatable bonds is 6. The van der Waals surface area contributed by atoms with E-state index in [1.54, 1.807) is 0 Å². The number of piperidine rings is 1. The van der Waals surface area contributed by atoms with Crippen molar-refractivity contribution in [3.8, 4) is 5.75 Å². The standard InChI is InChI=1S/C19H31NO2/c1-14(2)19-8-7-18(10-16(19)4)22-13-17(21)12-20-9-5-6-15(3)11-20/h7-8,10,14-15,17,21H,5-6,9,11-13H2,1-4H3/t15-,17-/m1/s1. The fourth-order valence-electron chi connectivity index (χ4n) is 3.38. The highest BCUT2D eigenvalue weighted by atomic mass is 16.5. The first-order valence-corrected chi connectivity index (χ1v) is 8.59. The van der Waals surface area contributed by atoms with Crippen LogP contribution in [0.1, 0.15) is 50.7 Å². The number of ether oxygens (including phenoxy) is 1. The van der Waals surface area contributed by atoms with E-state index in [2.05, 4.69) is 44.7 Å². The van der Waals surface area contributed by atoms with Crippen molar-refractivity contribution in [3.63, 3.8) is 0 Å². The average Bonchev–Trinajstić information content (AvgIpc) is 2.45. The quantitative estimate of drug-likeness (QED) is 0.872. The number of hydrogen-bond acceptors (Lipinski definition) is 3. The van der Waals surface area contributed by atoms with Crippen LogP contribution in [0.5, 0.6) is 5.75 Å². The molecule has 2 rings (SSSR count). The third kappa shape index (κ3) is 4.99. The van der Waals surface area contributed by atoms with Crippen LogP contribution >= 0.6 is 0 Å². The number of benzene rings is 1. The van der Waals surface area contributed by atoms with Crippen LogP contribution in [-0.4, -0.2) is 42.4 Å². The molecule has 1 N–H and O–H groups in total. The Balaban J connectivity index is 1.80. The van der Waals surface area contributed by atoms with Crippen molar-refractivity contribution in [3.05, 3.63) is 29.3 Å². The maximum absolute atomic E-state index is 10.2. The topological polar surface area (TPSA) is 32.7 Å². The fourth-order valence-corrected chi connectivity index (χ4v) is 3.38. The maximum atomic E-state index is 10.2. The zero-order chi connectivity index (χ0) is 16.1. The van der Waals surface area contributed by atoms with Gasteiger partial charge in [0.25, 0.3) is 0 Å². The lowest BCUT2D eigenvalue weighted by molar-refractivity contribution is 0.0537. The molecule has 1 fully saturated rings. The Bertz CT molecular complexity index is 473. The van der Waals surface area contributed by atoms with Gasteiger partial charge in [-0.25, -0.2) is 0 Å². The van der Waals surface area contributed by atoms with E-state index in [0.717, 1.165) is 24.8 Å². The van der Waals surface area contributed by atoms with E-state index in [1.165, 1.54) is 24.0 Å². The Hall–Kier alpha value is -1.06. The van der Waals surface area contributed by atoms with Gasteiger partial charge in [0.2, 0.25) is 0 Å². The van der Waals surface area contributed by atoms with E-state index >= 15 is 0 Å². The molecule has 1 aromatic carbocycles. The molecular formula is C19H31NO2. The van der Waals surface area contributed by atoms with Crippen LogP contribution in [0.2, 0.25) is 0 Å². The lowest BCUT2D eigenvalue weighted by Gasteiger charge is -2.32. The van der Waals surface area contributed by atoms with Crippen molar-refractivity contribution in [1.82, 2.24) is 4.90 Å². The highest BCUT2D eigenvalue weighted by molar-refractivity contribution is 5.36. The molecule has 0 aliphatic carbocycles. The van der Waals surface area contributed by atoms with Gasteiger partial charge in [0.05, 0.1) is 0 Å². The Kier molecular flexibility index (Phi) is 6.27. The summed E-state index contributed by atoms with van der Waals surface area (Å²) >= 11 is 0. The zero-order valence-electron chi connectivity index (χ0n) is 14.5. The molecule has 22 heavy (non-hydrogen) atoms. The molecule has 3 heteroatoms. The number of aliphatic hydroxyl groups excluding tert-OH is 1. The molecule has 1 aliphatic rings. The van der Waals surface area contributed by atoms with Gasteiger partial charge >= 0.3 is 0 Å². The van der Waals surface area contributed by atoms with Gasteiger partial charge in [0.1, 0.15) is 18.5 Å². The molecule has 0 saturated carbocycles. The molecule has 1 heterocycles. The molecule has 0 spiro atoms. The minimum Gasteiger partial charge on any atom is -0.491 e. The van der Waals surface area contributed by atoms with Crippen molar-refractivity contribution >= 4 is 0 Å². The third-order valence-corrected chi connectivity index (χ3v) is 4.52. The summed E-state index contributed by atoms with van der Waals surface area (Å²) in [6.07, 6.45) is 2.13. The number of nitrogens with zero attached hydrogens (tertiary/aromatic N) is 1. The average molecular weight is 305 g/mol. The molecule has 1 saturated heterocycles. The van der Waals surface area contributed by atoms with E-state index in [0.29, 0.717) is 19.1 Å². The number of aliphatic hydroxyl groups is 1. The van der Waals surface area contributed by atoms with E-state index < -0.39 is 6.10 Å². The van der Waals surface area contributed by atoms with Crippen molar-refractivity contribution in [2.45, 2.75) is 52.6 Å². The van der Waals surface area contributed by atoms with Gasteiger partial charge in [-0.15, -0.1) is 0 Å². The first kappa shape index (κ1) is 17.3. The van der Waals surface area contributed by atoms with Crippen LogP contribution in [0.25, 0.3) is 0 Å². The smallest absolute Gasteiger partial charge is 0.119 e. The molecule has 0 amide bonds. The van der Waals surface area contributed by atoms with E-state index in [4.69, 9.17) is 4.74 Å². The predicted molar refractivity (Wildman–Crippen MR) is 91.6 cm³/mol. The van der Waals surface area contributed by atoms with Gasteiger partial charge < -0.3 is 14.7 Å². The molecule has 0 aromatic heterocycles. The largest absolute Gasteiger partial charge is 0.491 e. The number of aryl methyl sites for hydroxylation is 1. The Labute approximate surface area is 135 Å². The second kappa shape index (κ2) is 7.98.